The summed E-state index contributed by atoms with van der Waals surface area (Å²) >= 11 is 0. The monoisotopic (exact) mass is 324 g/mol. The highest BCUT2D eigenvalue weighted by molar-refractivity contribution is 5.67. The van der Waals surface area contributed by atoms with Crippen molar-refractivity contribution in [3.63, 3.8) is 0 Å². The van der Waals surface area contributed by atoms with E-state index in [2.05, 4.69) is 50.5 Å². The lowest BCUT2D eigenvalue weighted by atomic mass is 10.0. The van der Waals surface area contributed by atoms with Crippen LogP contribution in [0.2, 0.25) is 0 Å². The van der Waals surface area contributed by atoms with Gasteiger partial charge in [0.25, 0.3) is 0 Å². The molecule has 0 spiro atoms. The van der Waals surface area contributed by atoms with Gasteiger partial charge in [-0.05, 0) is 44.2 Å². The van der Waals surface area contributed by atoms with E-state index < -0.39 is 0 Å². The van der Waals surface area contributed by atoms with Crippen LogP contribution in [0.1, 0.15) is 30.7 Å². The number of rotatable bonds is 4. The van der Waals surface area contributed by atoms with E-state index in [1.54, 1.807) is 0 Å². The van der Waals surface area contributed by atoms with Crippen LogP contribution in [0.4, 0.5) is 17.3 Å². The maximum atomic E-state index is 5.68. The molecule has 1 aromatic carbocycles. The second-order valence-electron chi connectivity index (χ2n) is 6.56. The molecule has 0 bridgehead atoms. The Labute approximate surface area is 143 Å². The number of para-hydroxylation sites is 1. The highest BCUT2D eigenvalue weighted by atomic mass is 16.5. The molecule has 2 aliphatic rings. The van der Waals surface area contributed by atoms with Crippen molar-refractivity contribution in [2.24, 2.45) is 0 Å². The SMILES string of the molecule is Cc1nc(NCC2CCCO2)cc(N2CCCc3ccccc32)n1. The van der Waals surface area contributed by atoms with Crippen molar-refractivity contribution in [2.75, 3.05) is 29.9 Å². The zero-order valence-corrected chi connectivity index (χ0v) is 14.2. The molecule has 126 valence electrons. The Hall–Kier alpha value is -2.14. The molecule has 0 aliphatic carbocycles. The Morgan fingerprint density at radius 3 is 3.04 bits per heavy atom. The molecule has 1 atom stereocenters. The molecular formula is C19H24N4O. The standard InChI is InChI=1S/C19H24N4O/c1-14-21-18(20-13-16-8-5-11-24-16)12-19(22-14)23-10-4-7-15-6-2-3-9-17(15)23/h2-3,6,9,12,16H,4-5,7-8,10-11,13H2,1H3,(H,20,21,22). The predicted molar refractivity (Wildman–Crippen MR) is 96.0 cm³/mol. The lowest BCUT2D eigenvalue weighted by Gasteiger charge is -2.30. The normalized spacial score (nSPS) is 20.0. The number of ether oxygens (including phenoxy) is 1. The maximum absolute atomic E-state index is 5.68. The summed E-state index contributed by atoms with van der Waals surface area (Å²) in [5.41, 5.74) is 2.67. The van der Waals surface area contributed by atoms with E-state index in [-0.39, 0.29) is 0 Å². The van der Waals surface area contributed by atoms with Gasteiger partial charge in [-0.25, -0.2) is 9.97 Å². The van der Waals surface area contributed by atoms with Crippen molar-refractivity contribution in [3.05, 3.63) is 41.7 Å². The van der Waals surface area contributed by atoms with Crippen molar-refractivity contribution in [1.82, 2.24) is 9.97 Å². The van der Waals surface area contributed by atoms with E-state index in [9.17, 15) is 0 Å². The summed E-state index contributed by atoms with van der Waals surface area (Å²) in [7, 11) is 0. The van der Waals surface area contributed by atoms with Crippen LogP contribution < -0.4 is 10.2 Å². The average molecular weight is 324 g/mol. The topological polar surface area (TPSA) is 50.3 Å². The zero-order chi connectivity index (χ0) is 16.4. The molecule has 1 aromatic heterocycles. The minimum absolute atomic E-state index is 0.305. The van der Waals surface area contributed by atoms with Crippen LogP contribution in [0.25, 0.3) is 0 Å². The molecule has 0 radical (unpaired) electrons. The van der Waals surface area contributed by atoms with Gasteiger partial charge in [-0.3, -0.25) is 0 Å². The first-order valence-corrected chi connectivity index (χ1v) is 8.86. The molecule has 1 N–H and O–H groups in total. The fraction of sp³-hybridized carbons (Fsp3) is 0.474. The number of nitrogens with zero attached hydrogens (tertiary/aromatic N) is 3. The number of aryl methyl sites for hydroxylation is 2. The number of hydrogen-bond donors (Lipinski definition) is 1. The predicted octanol–water partition coefficient (Wildman–Crippen LogP) is 3.46. The summed E-state index contributed by atoms with van der Waals surface area (Å²) in [5.74, 6) is 2.66. The van der Waals surface area contributed by atoms with Crippen molar-refractivity contribution in [3.8, 4) is 0 Å². The van der Waals surface area contributed by atoms with E-state index in [1.807, 2.05) is 6.92 Å². The lowest BCUT2D eigenvalue weighted by Crippen LogP contribution is -2.26. The van der Waals surface area contributed by atoms with Gasteiger partial charge in [-0.15, -0.1) is 0 Å². The quantitative estimate of drug-likeness (QED) is 0.933. The summed E-state index contributed by atoms with van der Waals surface area (Å²) in [6.07, 6.45) is 4.88. The van der Waals surface area contributed by atoms with E-state index in [1.165, 1.54) is 11.3 Å². The van der Waals surface area contributed by atoms with Crippen LogP contribution in [-0.2, 0) is 11.2 Å². The Kier molecular flexibility index (Phi) is 4.34. The molecular weight excluding hydrogens is 300 g/mol. The molecule has 1 fully saturated rings. The highest BCUT2D eigenvalue weighted by Crippen LogP contribution is 2.33. The third kappa shape index (κ3) is 3.22. The Morgan fingerprint density at radius 2 is 2.17 bits per heavy atom. The first-order valence-electron chi connectivity index (χ1n) is 8.86. The van der Waals surface area contributed by atoms with E-state index in [0.29, 0.717) is 6.10 Å². The fourth-order valence-electron chi connectivity index (χ4n) is 3.58. The molecule has 5 heteroatoms. The number of aromatic nitrogens is 2. The van der Waals surface area contributed by atoms with Crippen LogP contribution in [0.5, 0.6) is 0 Å². The molecule has 2 aromatic rings. The molecule has 1 unspecified atom stereocenters. The van der Waals surface area contributed by atoms with Crippen molar-refractivity contribution in [1.29, 1.82) is 0 Å². The van der Waals surface area contributed by atoms with Gasteiger partial charge in [0.05, 0.1) is 6.10 Å². The van der Waals surface area contributed by atoms with Gasteiger partial charge in [0, 0.05) is 31.5 Å². The van der Waals surface area contributed by atoms with E-state index >= 15 is 0 Å². The summed E-state index contributed by atoms with van der Waals surface area (Å²) < 4.78 is 5.68. The second-order valence-corrected chi connectivity index (χ2v) is 6.56. The van der Waals surface area contributed by atoms with Gasteiger partial charge in [0.15, 0.2) is 0 Å². The number of hydrogen-bond acceptors (Lipinski definition) is 5. The Morgan fingerprint density at radius 1 is 1.25 bits per heavy atom. The fourth-order valence-corrected chi connectivity index (χ4v) is 3.58. The van der Waals surface area contributed by atoms with Gasteiger partial charge in [-0.1, -0.05) is 18.2 Å². The molecule has 1 saturated heterocycles. The van der Waals surface area contributed by atoms with Crippen LogP contribution in [0.3, 0.4) is 0 Å². The minimum Gasteiger partial charge on any atom is -0.376 e. The molecule has 5 nitrogen and oxygen atoms in total. The van der Waals surface area contributed by atoms with Gasteiger partial charge in [0.2, 0.25) is 0 Å². The summed E-state index contributed by atoms with van der Waals surface area (Å²) in [6.45, 7) is 4.65. The van der Waals surface area contributed by atoms with Crippen LogP contribution in [0.15, 0.2) is 30.3 Å². The number of anilines is 3. The lowest BCUT2D eigenvalue weighted by molar-refractivity contribution is 0.120. The van der Waals surface area contributed by atoms with Crippen LogP contribution >= 0.6 is 0 Å². The van der Waals surface area contributed by atoms with Gasteiger partial charge >= 0.3 is 0 Å². The number of fused-ring (bicyclic) bond motifs is 1. The Balaban J connectivity index is 1.57. The molecule has 24 heavy (non-hydrogen) atoms. The van der Waals surface area contributed by atoms with Crippen molar-refractivity contribution < 1.29 is 4.74 Å². The van der Waals surface area contributed by atoms with Crippen LogP contribution in [0, 0.1) is 6.92 Å². The third-order valence-electron chi connectivity index (χ3n) is 4.75. The van der Waals surface area contributed by atoms with Crippen LogP contribution in [-0.4, -0.2) is 35.8 Å². The largest absolute Gasteiger partial charge is 0.376 e. The Bertz CT molecular complexity index is 712. The third-order valence-corrected chi connectivity index (χ3v) is 4.75. The van der Waals surface area contributed by atoms with Gasteiger partial charge in [0.1, 0.15) is 17.5 Å². The summed E-state index contributed by atoms with van der Waals surface area (Å²) in [6, 6.07) is 10.7. The van der Waals surface area contributed by atoms with Gasteiger partial charge < -0.3 is 15.0 Å². The molecule has 0 amide bonds. The van der Waals surface area contributed by atoms with Crippen molar-refractivity contribution >= 4 is 17.3 Å². The van der Waals surface area contributed by atoms with Crippen molar-refractivity contribution in [2.45, 2.75) is 38.7 Å². The molecule has 0 saturated carbocycles. The molecule has 2 aliphatic heterocycles. The summed E-state index contributed by atoms with van der Waals surface area (Å²) in [5, 5.41) is 3.43. The number of nitrogens with one attached hydrogen (secondary N) is 1. The van der Waals surface area contributed by atoms with Gasteiger partial charge in [-0.2, -0.15) is 0 Å². The molecule has 3 heterocycles. The van der Waals surface area contributed by atoms with E-state index in [0.717, 1.165) is 62.8 Å². The van der Waals surface area contributed by atoms with E-state index in [4.69, 9.17) is 4.74 Å². The summed E-state index contributed by atoms with van der Waals surface area (Å²) in [4.78, 5) is 11.5. The molecule has 4 rings (SSSR count). The highest BCUT2D eigenvalue weighted by Gasteiger charge is 2.20. The zero-order valence-electron chi connectivity index (χ0n) is 14.2. The minimum atomic E-state index is 0.305. The average Bonchev–Trinajstić information content (AvgIpc) is 3.12. The number of benzene rings is 1. The maximum Gasteiger partial charge on any atom is 0.138 e. The first kappa shape index (κ1) is 15.4. The second kappa shape index (κ2) is 6.77. The first-order chi connectivity index (χ1) is 11.8. The smallest absolute Gasteiger partial charge is 0.138 e.